The molecule has 3 aromatic rings. The lowest BCUT2D eigenvalue weighted by molar-refractivity contribution is 0.0988. The number of carbonyl (C=O) groups excluding carboxylic acids is 2. The molecule has 7 heteroatoms. The number of nitrogens with two attached hydrogens (primary N) is 1. The number of rotatable bonds is 5. The number of piperazine rings is 1. The van der Waals surface area contributed by atoms with Crippen LogP contribution >= 0.6 is 0 Å². The number of hydrogen-bond donors (Lipinski definition) is 2. The second-order valence-electron chi connectivity index (χ2n) is 7.29. The smallest absolute Gasteiger partial charge is 0.291 e. The van der Waals surface area contributed by atoms with Crippen molar-refractivity contribution in [2.45, 2.75) is 6.92 Å². The highest BCUT2D eigenvalue weighted by atomic mass is 16.3. The summed E-state index contributed by atoms with van der Waals surface area (Å²) in [5.41, 5.74) is 9.67. The molecule has 0 spiro atoms. The Kier molecular flexibility index (Phi) is 5.43. The first-order valence-corrected chi connectivity index (χ1v) is 9.87. The number of carbonyl (C=O) groups is 2. The summed E-state index contributed by atoms with van der Waals surface area (Å²) in [5, 5.41) is 2.86. The van der Waals surface area contributed by atoms with Gasteiger partial charge in [0.2, 0.25) is 5.91 Å². The fraction of sp³-hybridized carbons (Fsp3) is 0.217. The summed E-state index contributed by atoms with van der Waals surface area (Å²) < 4.78 is 5.18. The molecule has 2 aromatic carbocycles. The van der Waals surface area contributed by atoms with Crippen molar-refractivity contribution in [1.29, 1.82) is 0 Å². The topological polar surface area (TPSA) is 91.8 Å². The van der Waals surface area contributed by atoms with Gasteiger partial charge in [0.05, 0.1) is 17.6 Å². The van der Waals surface area contributed by atoms with Crippen molar-refractivity contribution >= 4 is 28.9 Å². The van der Waals surface area contributed by atoms with E-state index in [-0.39, 0.29) is 11.7 Å². The van der Waals surface area contributed by atoms with Crippen molar-refractivity contribution in [2.75, 3.05) is 41.3 Å². The van der Waals surface area contributed by atoms with Gasteiger partial charge in [0, 0.05) is 37.4 Å². The van der Waals surface area contributed by atoms with Gasteiger partial charge in [-0.1, -0.05) is 18.2 Å². The first kappa shape index (κ1) is 19.6. The Bertz CT molecular complexity index is 1050. The standard InChI is InChI=1S/C23H24N4O3/c1-16-5-2-3-6-19(16)26-10-12-27(13-11-26)20-9-8-17(22(24)28)15-18(20)25-23(29)21-7-4-14-30-21/h2-9,14-15H,10-13H2,1H3,(H2,24,28)(H,25,29). The number of nitrogens with zero attached hydrogens (tertiary/aromatic N) is 2. The molecule has 1 saturated heterocycles. The fourth-order valence-corrected chi connectivity index (χ4v) is 3.76. The Morgan fingerprint density at radius 3 is 2.27 bits per heavy atom. The first-order chi connectivity index (χ1) is 14.5. The maximum absolute atomic E-state index is 12.5. The van der Waals surface area contributed by atoms with E-state index in [1.165, 1.54) is 17.5 Å². The molecule has 2 amide bonds. The predicted octanol–water partition coefficient (Wildman–Crippen LogP) is 3.27. The van der Waals surface area contributed by atoms with Crippen LogP contribution < -0.4 is 20.9 Å². The van der Waals surface area contributed by atoms with Crippen molar-refractivity contribution in [3.8, 4) is 0 Å². The van der Waals surface area contributed by atoms with Crippen LogP contribution in [0.5, 0.6) is 0 Å². The zero-order valence-corrected chi connectivity index (χ0v) is 16.8. The molecule has 0 aliphatic carbocycles. The van der Waals surface area contributed by atoms with Crippen molar-refractivity contribution in [2.24, 2.45) is 5.73 Å². The quantitative estimate of drug-likeness (QED) is 0.681. The molecule has 4 rings (SSSR count). The van der Waals surface area contributed by atoms with Crippen LogP contribution in [0.4, 0.5) is 17.1 Å². The van der Waals surface area contributed by atoms with Crippen molar-refractivity contribution < 1.29 is 14.0 Å². The summed E-state index contributed by atoms with van der Waals surface area (Å²) >= 11 is 0. The van der Waals surface area contributed by atoms with E-state index in [0.717, 1.165) is 31.9 Å². The van der Waals surface area contributed by atoms with Crippen molar-refractivity contribution in [1.82, 2.24) is 0 Å². The largest absolute Gasteiger partial charge is 0.459 e. The molecular weight excluding hydrogens is 380 g/mol. The molecule has 2 heterocycles. The molecule has 0 radical (unpaired) electrons. The van der Waals surface area contributed by atoms with E-state index < -0.39 is 5.91 Å². The molecule has 7 nitrogen and oxygen atoms in total. The summed E-state index contributed by atoms with van der Waals surface area (Å²) in [6.45, 7) is 5.40. The van der Waals surface area contributed by atoms with Gasteiger partial charge in [-0.15, -0.1) is 0 Å². The molecule has 154 valence electrons. The van der Waals surface area contributed by atoms with Gasteiger partial charge >= 0.3 is 0 Å². The molecule has 0 saturated carbocycles. The molecule has 30 heavy (non-hydrogen) atoms. The van der Waals surface area contributed by atoms with E-state index in [0.29, 0.717) is 11.3 Å². The van der Waals surface area contributed by atoms with Crippen LogP contribution in [0.3, 0.4) is 0 Å². The minimum absolute atomic E-state index is 0.204. The summed E-state index contributed by atoms with van der Waals surface area (Å²) in [7, 11) is 0. The minimum atomic E-state index is -0.542. The number of hydrogen-bond acceptors (Lipinski definition) is 5. The van der Waals surface area contributed by atoms with Crippen LogP contribution in [0.1, 0.15) is 26.5 Å². The molecule has 0 unspecified atom stereocenters. The van der Waals surface area contributed by atoms with Crippen LogP contribution in [-0.2, 0) is 0 Å². The molecule has 0 bridgehead atoms. The Labute approximate surface area is 175 Å². The molecule has 1 aliphatic heterocycles. The van der Waals surface area contributed by atoms with Crippen LogP contribution in [0, 0.1) is 6.92 Å². The van der Waals surface area contributed by atoms with Crippen LogP contribution in [-0.4, -0.2) is 38.0 Å². The number of amides is 2. The molecular formula is C23H24N4O3. The average Bonchev–Trinajstić information content (AvgIpc) is 3.29. The number of benzene rings is 2. The second-order valence-corrected chi connectivity index (χ2v) is 7.29. The number of nitrogens with one attached hydrogen (secondary N) is 1. The lowest BCUT2D eigenvalue weighted by Gasteiger charge is -2.38. The summed E-state index contributed by atoms with van der Waals surface area (Å²) in [4.78, 5) is 28.7. The Hall–Kier alpha value is -3.74. The third-order valence-electron chi connectivity index (χ3n) is 5.35. The molecule has 0 atom stereocenters. The molecule has 1 aliphatic rings. The third-order valence-corrected chi connectivity index (χ3v) is 5.35. The van der Waals surface area contributed by atoms with Crippen molar-refractivity contribution in [3.05, 3.63) is 77.7 Å². The zero-order chi connectivity index (χ0) is 21.1. The Morgan fingerprint density at radius 2 is 1.63 bits per heavy atom. The lowest BCUT2D eigenvalue weighted by Crippen LogP contribution is -2.47. The maximum atomic E-state index is 12.5. The van der Waals surface area contributed by atoms with Gasteiger partial charge in [0.25, 0.3) is 5.91 Å². The number of anilines is 3. The van der Waals surface area contributed by atoms with E-state index in [1.54, 1.807) is 24.3 Å². The van der Waals surface area contributed by atoms with E-state index in [2.05, 4.69) is 40.2 Å². The highest BCUT2D eigenvalue weighted by Gasteiger charge is 2.22. The number of primary amides is 1. The monoisotopic (exact) mass is 404 g/mol. The van der Waals surface area contributed by atoms with Gasteiger partial charge in [-0.25, -0.2) is 0 Å². The highest BCUT2D eigenvalue weighted by Crippen LogP contribution is 2.30. The van der Waals surface area contributed by atoms with E-state index in [1.807, 2.05) is 12.1 Å². The van der Waals surface area contributed by atoms with Crippen molar-refractivity contribution in [3.63, 3.8) is 0 Å². The number of para-hydroxylation sites is 1. The van der Waals surface area contributed by atoms with Crippen LogP contribution in [0.2, 0.25) is 0 Å². The van der Waals surface area contributed by atoms with Gasteiger partial charge in [0.15, 0.2) is 5.76 Å². The third kappa shape index (κ3) is 4.00. The highest BCUT2D eigenvalue weighted by molar-refractivity contribution is 6.05. The average molecular weight is 404 g/mol. The summed E-state index contributed by atoms with van der Waals surface area (Å²) in [6, 6.07) is 16.7. The van der Waals surface area contributed by atoms with E-state index in [9.17, 15) is 9.59 Å². The van der Waals surface area contributed by atoms with Gasteiger partial charge in [0.1, 0.15) is 0 Å². The zero-order valence-electron chi connectivity index (χ0n) is 16.8. The first-order valence-electron chi connectivity index (χ1n) is 9.87. The Morgan fingerprint density at radius 1 is 0.933 bits per heavy atom. The molecule has 1 aromatic heterocycles. The predicted molar refractivity (Wildman–Crippen MR) is 117 cm³/mol. The maximum Gasteiger partial charge on any atom is 0.291 e. The lowest BCUT2D eigenvalue weighted by atomic mass is 10.1. The second kappa shape index (κ2) is 8.32. The van der Waals surface area contributed by atoms with E-state index >= 15 is 0 Å². The number of furan rings is 1. The number of aryl methyl sites for hydroxylation is 1. The van der Waals surface area contributed by atoms with Gasteiger partial charge in [-0.3, -0.25) is 9.59 Å². The minimum Gasteiger partial charge on any atom is -0.459 e. The van der Waals surface area contributed by atoms with Gasteiger partial charge in [-0.2, -0.15) is 0 Å². The SMILES string of the molecule is Cc1ccccc1N1CCN(c2ccc(C(N)=O)cc2NC(=O)c2ccco2)CC1. The molecule has 3 N–H and O–H groups in total. The Balaban J connectivity index is 1.55. The van der Waals surface area contributed by atoms with Gasteiger partial charge in [-0.05, 0) is 48.9 Å². The summed E-state index contributed by atoms with van der Waals surface area (Å²) in [6.07, 6.45) is 1.44. The fourth-order valence-electron chi connectivity index (χ4n) is 3.76. The normalized spacial score (nSPS) is 13.9. The summed E-state index contributed by atoms with van der Waals surface area (Å²) in [5.74, 6) is -0.712. The van der Waals surface area contributed by atoms with E-state index in [4.69, 9.17) is 10.2 Å². The van der Waals surface area contributed by atoms with Crippen LogP contribution in [0.25, 0.3) is 0 Å². The van der Waals surface area contributed by atoms with Gasteiger partial charge < -0.3 is 25.3 Å². The molecule has 1 fully saturated rings. The van der Waals surface area contributed by atoms with Crippen LogP contribution in [0.15, 0.2) is 65.3 Å².